The van der Waals surface area contributed by atoms with E-state index in [0.717, 1.165) is 180 Å². The summed E-state index contributed by atoms with van der Waals surface area (Å²) < 4.78 is 61.6. The van der Waals surface area contributed by atoms with E-state index in [1.54, 1.807) is 0 Å². The first-order valence-corrected chi connectivity index (χ1v) is 52.1. The van der Waals surface area contributed by atoms with Gasteiger partial charge in [0.25, 0.3) is 0 Å². The Labute approximate surface area is 751 Å². The lowest BCUT2D eigenvalue weighted by atomic mass is 10.0. The first kappa shape index (κ1) is 118. The lowest BCUT2D eigenvalue weighted by Crippen LogP contribution is -2.30. The van der Waals surface area contributed by atoms with E-state index < -0.39 is 91.5 Å². The zero-order chi connectivity index (χ0) is 89.3. The third kappa shape index (κ3) is 97.1. The summed E-state index contributed by atoms with van der Waals surface area (Å²) in [5.41, 5.74) is 0. The average Bonchev–Trinajstić information content (AvgIpc) is 0.916. The fourth-order valence-corrected chi connectivity index (χ4v) is 14.8. The summed E-state index contributed by atoms with van der Waals surface area (Å²) in [6.45, 7) is 2.46. The number of carbonyl (C=O) groups is 3. The van der Waals surface area contributed by atoms with Gasteiger partial charge in [0.2, 0.25) is 0 Å². The number of aliphatic hydroxyl groups is 2. The Kier molecular flexibility index (Phi) is 91.6. The number of esters is 3. The molecule has 0 aromatic carbocycles. The number of rotatable bonds is 92. The first-order valence-electron chi connectivity index (χ1n) is 49.1. The second-order valence-corrected chi connectivity index (χ2v) is 35.4. The van der Waals surface area contributed by atoms with Crippen molar-refractivity contribution < 1.29 is 75.8 Å². The number of aliphatic hydroxyl groups excluding tert-OH is 2. The van der Waals surface area contributed by atoms with E-state index in [4.69, 9.17) is 32.3 Å². The molecule has 0 aliphatic carbocycles. The largest absolute Gasteiger partial charge is 0.472 e. The summed E-state index contributed by atoms with van der Waals surface area (Å²) in [7, 11) is -9.82. The van der Waals surface area contributed by atoms with Gasteiger partial charge in [-0.05, 0) is 161 Å². The molecule has 18 heteroatoms. The maximum Gasteiger partial charge on any atom is 0.472 e. The van der Waals surface area contributed by atoms with Crippen LogP contribution < -0.4 is 0 Å². The highest BCUT2D eigenvalue weighted by Crippen LogP contribution is 2.45. The Hall–Kier alpha value is -5.35. The third-order valence-corrected chi connectivity index (χ3v) is 22.5. The molecule has 4 N–H and O–H groups in total. The molecular weight excluding hydrogens is 1580 g/mol. The highest BCUT2D eigenvalue weighted by Gasteiger charge is 2.30. The number of carbonyl (C=O) groups excluding carboxylic acids is 3. The average molecular weight is 1760 g/mol. The van der Waals surface area contributed by atoms with Crippen molar-refractivity contribution >= 4 is 33.6 Å². The van der Waals surface area contributed by atoms with Crippen LogP contribution in [0.4, 0.5) is 0 Å². The summed E-state index contributed by atoms with van der Waals surface area (Å²) in [4.78, 5) is 59.1. The predicted molar refractivity (Wildman–Crippen MR) is 518 cm³/mol. The monoisotopic (exact) mass is 1760 g/mol. The maximum atomic E-state index is 13.1. The van der Waals surface area contributed by atoms with Crippen molar-refractivity contribution in [3.63, 3.8) is 0 Å². The zero-order valence-electron chi connectivity index (χ0n) is 77.8. The Morgan fingerprint density at radius 3 is 0.683 bits per heavy atom. The quantitative estimate of drug-likeness (QED) is 0.0146. The fraction of sp³-hybridized carbons (Fsp3) is 0.686. The number of ether oxygens (including phenoxy) is 3. The minimum absolute atomic E-state index is 0.0815. The van der Waals surface area contributed by atoms with Crippen molar-refractivity contribution in [2.45, 2.75) is 424 Å². The molecular formula is C105H178O16P2. The maximum absolute atomic E-state index is 13.1. The number of hydrogen-bond donors (Lipinski definition) is 4. The molecule has 0 radical (unpaired) electrons. The van der Waals surface area contributed by atoms with Crippen LogP contribution in [-0.4, -0.2) is 95.9 Å². The van der Waals surface area contributed by atoms with Crippen molar-refractivity contribution in [3.05, 3.63) is 182 Å². The van der Waals surface area contributed by atoms with Crippen LogP contribution in [0.25, 0.3) is 0 Å². The molecule has 0 aromatic heterocycles. The van der Waals surface area contributed by atoms with Gasteiger partial charge in [-0.25, -0.2) is 9.13 Å². The number of allylic oxidation sites excluding steroid dienone is 30. The van der Waals surface area contributed by atoms with Gasteiger partial charge in [-0.2, -0.15) is 0 Å². The summed E-state index contributed by atoms with van der Waals surface area (Å²) >= 11 is 0. The number of hydrogen-bond acceptors (Lipinski definition) is 14. The molecule has 0 aliphatic rings. The minimum atomic E-state index is -4.95. The smallest absolute Gasteiger partial charge is 0.463 e. The van der Waals surface area contributed by atoms with E-state index in [1.807, 2.05) is 0 Å². The number of phosphoric ester groups is 2. The Bertz CT molecular complexity index is 2970. The van der Waals surface area contributed by atoms with E-state index in [0.29, 0.717) is 19.3 Å². The van der Waals surface area contributed by atoms with E-state index in [9.17, 15) is 43.5 Å². The number of unbranched alkanes of at least 4 members (excludes halogenated alkanes) is 39. The molecule has 0 saturated heterocycles. The van der Waals surface area contributed by atoms with Crippen molar-refractivity contribution in [2.75, 3.05) is 39.6 Å². The molecule has 16 nitrogen and oxygen atoms in total. The molecule has 704 valence electrons. The second-order valence-electron chi connectivity index (χ2n) is 32.5. The summed E-state index contributed by atoms with van der Waals surface area (Å²) in [6, 6.07) is 0. The molecule has 0 rings (SSSR count). The second kappa shape index (κ2) is 95.7. The van der Waals surface area contributed by atoms with Crippen molar-refractivity contribution in [2.24, 2.45) is 0 Å². The SMILES string of the molecule is CC/C=C\C/C=C\C/C=C\C/C=C\C/C=C\C/C=C\CCCCCCCCC(=O)OC(COC(=O)CCCCCCCCCCCCC/C=C\C/C=C\C/C=C\C/C=C\CCCCC)COP(=O)(O)OCC(O)COP(=O)(O)OCC(O)COC(=O)CCCCCCCCCCCCCCCCCCCCC/C=C\C/C=C\C/C=C\C/C=C\C/C=C\CC. The van der Waals surface area contributed by atoms with Gasteiger partial charge in [0.05, 0.1) is 26.4 Å². The lowest BCUT2D eigenvalue weighted by Gasteiger charge is -2.21. The molecule has 5 unspecified atom stereocenters. The van der Waals surface area contributed by atoms with Gasteiger partial charge in [0.1, 0.15) is 25.4 Å². The molecule has 0 fully saturated rings. The van der Waals surface area contributed by atoms with Gasteiger partial charge in [-0.3, -0.25) is 32.5 Å². The predicted octanol–water partition coefficient (Wildman–Crippen LogP) is 30.8. The summed E-state index contributed by atoms with van der Waals surface area (Å²) in [6.07, 6.45) is 127. The van der Waals surface area contributed by atoms with Crippen LogP contribution in [0.5, 0.6) is 0 Å². The molecule has 0 aromatic rings. The molecule has 0 bridgehead atoms. The molecule has 0 amide bonds. The molecule has 0 saturated carbocycles. The number of phosphoric acid groups is 2. The van der Waals surface area contributed by atoms with Crippen LogP contribution in [0.2, 0.25) is 0 Å². The van der Waals surface area contributed by atoms with Crippen molar-refractivity contribution in [1.82, 2.24) is 0 Å². The highest BCUT2D eigenvalue weighted by atomic mass is 31.2. The van der Waals surface area contributed by atoms with E-state index in [-0.39, 0.29) is 19.3 Å². The summed E-state index contributed by atoms with van der Waals surface area (Å²) in [5.74, 6) is -1.59. The molecule has 0 spiro atoms. The molecule has 0 aliphatic heterocycles. The lowest BCUT2D eigenvalue weighted by molar-refractivity contribution is -0.161. The molecule has 0 heterocycles. The molecule has 123 heavy (non-hydrogen) atoms. The topological polar surface area (TPSA) is 231 Å². The van der Waals surface area contributed by atoms with Gasteiger partial charge in [0, 0.05) is 19.3 Å². The van der Waals surface area contributed by atoms with Crippen LogP contribution in [0, 0.1) is 0 Å². The van der Waals surface area contributed by atoms with Gasteiger partial charge in [-0.15, -0.1) is 0 Å². The van der Waals surface area contributed by atoms with Gasteiger partial charge in [0.15, 0.2) is 6.10 Å². The van der Waals surface area contributed by atoms with Crippen LogP contribution in [0.15, 0.2) is 182 Å². The van der Waals surface area contributed by atoms with Crippen LogP contribution in [0.1, 0.15) is 406 Å². The van der Waals surface area contributed by atoms with Gasteiger partial charge >= 0.3 is 33.6 Å². The van der Waals surface area contributed by atoms with Crippen LogP contribution in [0.3, 0.4) is 0 Å². The van der Waals surface area contributed by atoms with E-state index in [1.165, 1.54) is 167 Å². The molecule has 5 atom stereocenters. The van der Waals surface area contributed by atoms with Crippen LogP contribution in [-0.2, 0) is 55.8 Å². The minimum Gasteiger partial charge on any atom is -0.463 e. The van der Waals surface area contributed by atoms with Crippen molar-refractivity contribution in [3.8, 4) is 0 Å². The van der Waals surface area contributed by atoms with Gasteiger partial charge < -0.3 is 34.2 Å². The first-order chi connectivity index (χ1) is 60.2. The fourth-order valence-electron chi connectivity index (χ4n) is 13.2. The Morgan fingerprint density at radius 1 is 0.236 bits per heavy atom. The van der Waals surface area contributed by atoms with Crippen LogP contribution >= 0.6 is 15.6 Å². The standard InChI is InChI=1S/C105H178O16P2/c1-4-7-10-13-16-19-22-25-28-31-34-37-40-43-45-46-47-48-49-50-51-52-54-57-58-61-64-67-70-73-76-79-82-85-88-91-103(108)115-94-100(106)95-117-122(111,112)118-96-101(107)97-119-123(113,114)120-99-102(121-105(110)93-90-87-84-81-78-75-72-69-66-63-60-55-42-39-36-33-30-27-24-21-18-15-12-9-6-3)98-116-104(109)92-89-86-83-80-77-74-71-68-65-62-59-56-53-44-41-38-35-32-29-26-23-20-17-14-11-8-5-2/h7,9-10,12,16-21,25-30,34-39,43-45,53,55,60,66,69,100-102,106-107H,4-6,8,11,13-15,22-24,31-33,40-42,46-52,54,56-59,61-65,67-68,70-99H2,1-3H3,(H,111,112)(H,113,114)/b10-7-,12-9-,19-16-,20-17-,21-18-,28-25-,29-26-,30-27-,37-34-,38-35-,39-36-,45-43-,53-44-,60-55-,69-66-. The Morgan fingerprint density at radius 2 is 0.431 bits per heavy atom. The highest BCUT2D eigenvalue weighted by molar-refractivity contribution is 7.47. The van der Waals surface area contributed by atoms with E-state index >= 15 is 0 Å². The third-order valence-electron chi connectivity index (χ3n) is 20.6. The Balaban J connectivity index is 4.59. The van der Waals surface area contributed by atoms with E-state index in [2.05, 4.69) is 203 Å². The van der Waals surface area contributed by atoms with Gasteiger partial charge in [-0.1, -0.05) is 409 Å². The normalized spacial score (nSPS) is 14.5. The zero-order valence-corrected chi connectivity index (χ0v) is 79.6. The van der Waals surface area contributed by atoms with Crippen molar-refractivity contribution in [1.29, 1.82) is 0 Å². The summed E-state index contributed by atoms with van der Waals surface area (Å²) in [5, 5.41) is 20.8.